The molecule has 56 heavy (non-hydrogen) atoms. The molecule has 2 unspecified atom stereocenters. The zero-order chi connectivity index (χ0) is 45.3. The summed E-state index contributed by atoms with van der Waals surface area (Å²) in [6.07, 6.45) is 5.57. The second-order valence-corrected chi connectivity index (χ2v) is 9.01. The van der Waals surface area contributed by atoms with Crippen molar-refractivity contribution in [3.63, 3.8) is 0 Å². The fourth-order valence-corrected chi connectivity index (χ4v) is 3.46. The van der Waals surface area contributed by atoms with Crippen molar-refractivity contribution in [2.75, 3.05) is 13.2 Å². The summed E-state index contributed by atoms with van der Waals surface area (Å²) < 4.78 is 0. The highest BCUT2D eigenvalue weighted by Crippen LogP contribution is 2.03. The Morgan fingerprint density at radius 2 is 0.536 bits per heavy atom. The van der Waals surface area contributed by atoms with E-state index in [0.717, 1.165) is 24.0 Å². The third-order valence-electron chi connectivity index (χ3n) is 5.50. The van der Waals surface area contributed by atoms with E-state index in [1.165, 1.54) is 11.1 Å². The molecule has 4 N–H and O–H groups in total. The average Bonchev–Trinajstić information content (AvgIpc) is 3.31. The van der Waals surface area contributed by atoms with Crippen LogP contribution in [0.4, 0.5) is 0 Å². The van der Waals surface area contributed by atoms with Crippen LogP contribution in [0.1, 0.15) is 133 Å². The molecule has 0 aliphatic heterocycles. The van der Waals surface area contributed by atoms with Gasteiger partial charge < -0.3 is 20.4 Å². The maximum Gasteiger partial charge on any atom is 0.0811 e. The van der Waals surface area contributed by atoms with Crippen LogP contribution in [0.15, 0.2) is 147 Å². The zero-order valence-corrected chi connectivity index (χ0v) is 39.3. The van der Waals surface area contributed by atoms with Crippen LogP contribution in [0.2, 0.25) is 0 Å². The number of rotatable bonds is 10. The number of allylic oxidation sites excluding steroid dienone is 2. The summed E-state index contributed by atoms with van der Waals surface area (Å²) in [5, 5.41) is 35.2. The number of aliphatic hydroxyl groups is 4. The lowest BCUT2D eigenvalue weighted by atomic mass is 10.1. The maximum absolute atomic E-state index is 9.06. The zero-order valence-electron chi connectivity index (χ0n) is 39.3. The van der Waals surface area contributed by atoms with Gasteiger partial charge in [-0.05, 0) is 35.1 Å². The van der Waals surface area contributed by atoms with E-state index in [9.17, 15) is 0 Å². The number of benzene rings is 4. The summed E-state index contributed by atoms with van der Waals surface area (Å²) in [6.45, 7) is 39.0. The summed E-state index contributed by atoms with van der Waals surface area (Å²) in [6, 6.07) is 39.8. The molecule has 0 saturated carbocycles. The van der Waals surface area contributed by atoms with Gasteiger partial charge in [-0.1, -0.05) is 244 Å². The third kappa shape index (κ3) is 56.9. The minimum Gasteiger partial charge on any atom is -0.394 e. The van der Waals surface area contributed by atoms with Crippen LogP contribution >= 0.6 is 0 Å². The van der Waals surface area contributed by atoms with Gasteiger partial charge in [-0.25, -0.2) is 0 Å². The van der Waals surface area contributed by atoms with Crippen LogP contribution < -0.4 is 0 Å². The lowest BCUT2D eigenvalue weighted by Gasteiger charge is -2.05. The summed E-state index contributed by atoms with van der Waals surface area (Å²) >= 11 is 0. The molecule has 0 aliphatic carbocycles. The molecule has 0 saturated heterocycles. The Balaban J connectivity index is -0.0000000816. The molecule has 4 heteroatoms. The van der Waals surface area contributed by atoms with E-state index in [4.69, 9.17) is 20.4 Å². The minimum absolute atomic E-state index is 0.172. The Hall–Kier alpha value is -3.80. The van der Waals surface area contributed by atoms with Gasteiger partial charge in [0.2, 0.25) is 0 Å². The van der Waals surface area contributed by atoms with Crippen molar-refractivity contribution < 1.29 is 20.4 Å². The molecule has 0 radical (unpaired) electrons. The van der Waals surface area contributed by atoms with Crippen LogP contribution in [0.5, 0.6) is 0 Å². The molecule has 0 spiro atoms. The van der Waals surface area contributed by atoms with E-state index in [-0.39, 0.29) is 13.2 Å². The topological polar surface area (TPSA) is 80.9 Å². The smallest absolute Gasteiger partial charge is 0.0811 e. The molecule has 4 nitrogen and oxygen atoms in total. The molecule has 0 aliphatic rings. The monoisotopic (exact) mass is 781 g/mol. The Morgan fingerprint density at radius 1 is 0.357 bits per heavy atom. The molecule has 4 rings (SSSR count). The first-order valence-electron chi connectivity index (χ1n) is 21.5. The molecule has 4 aromatic rings. The van der Waals surface area contributed by atoms with Crippen molar-refractivity contribution in [3.05, 3.63) is 169 Å². The normalized spacial score (nSPS) is 8.79. The van der Waals surface area contributed by atoms with Gasteiger partial charge in [0.1, 0.15) is 0 Å². The van der Waals surface area contributed by atoms with Gasteiger partial charge in [-0.2, -0.15) is 0 Å². The van der Waals surface area contributed by atoms with Gasteiger partial charge in [-0.15, -0.1) is 13.2 Å². The first-order valence-corrected chi connectivity index (χ1v) is 21.5. The minimum atomic E-state index is -0.627. The standard InChI is InChI=1S/2C9H12O2.2C9H10.8C2H6/c2*10-7-9(11)6-8-4-2-1-3-5-8;2*1-2-6-9-7-4-3-5-8-9;8*1-2/h2*1-5,9-11H,6-7H2;2*2-5,7-8H,1,6H2;8*1-2H3. The van der Waals surface area contributed by atoms with Crippen molar-refractivity contribution in [1.29, 1.82) is 0 Å². The molecular weight excluding hydrogens is 689 g/mol. The largest absolute Gasteiger partial charge is 0.394 e. The van der Waals surface area contributed by atoms with Crippen molar-refractivity contribution in [2.24, 2.45) is 0 Å². The van der Waals surface area contributed by atoms with Gasteiger partial charge in [0.15, 0.2) is 0 Å². The van der Waals surface area contributed by atoms with Crippen LogP contribution in [0.3, 0.4) is 0 Å². The van der Waals surface area contributed by atoms with Crippen LogP contribution in [-0.4, -0.2) is 45.8 Å². The second kappa shape index (κ2) is 72.5. The van der Waals surface area contributed by atoms with Crippen molar-refractivity contribution in [2.45, 2.75) is 149 Å². The second-order valence-electron chi connectivity index (χ2n) is 9.01. The predicted molar refractivity (Wildman–Crippen MR) is 258 cm³/mol. The number of hydrogen-bond acceptors (Lipinski definition) is 4. The number of hydrogen-bond donors (Lipinski definition) is 4. The van der Waals surface area contributed by atoms with Crippen LogP contribution in [-0.2, 0) is 25.7 Å². The van der Waals surface area contributed by atoms with Gasteiger partial charge >= 0.3 is 0 Å². The Bertz CT molecular complexity index is 1030. The molecule has 324 valence electrons. The lowest BCUT2D eigenvalue weighted by molar-refractivity contribution is 0.0954. The average molecular weight is 781 g/mol. The molecule has 0 amide bonds. The van der Waals surface area contributed by atoms with E-state index >= 15 is 0 Å². The summed E-state index contributed by atoms with van der Waals surface area (Å²) in [4.78, 5) is 0. The third-order valence-corrected chi connectivity index (χ3v) is 5.50. The van der Waals surface area contributed by atoms with Crippen molar-refractivity contribution in [1.82, 2.24) is 0 Å². The number of aliphatic hydroxyl groups excluding tert-OH is 4. The maximum atomic E-state index is 9.06. The van der Waals surface area contributed by atoms with E-state index in [0.29, 0.717) is 12.8 Å². The molecule has 4 aromatic carbocycles. The molecule has 0 heterocycles. The molecule has 0 aromatic heterocycles. The van der Waals surface area contributed by atoms with Gasteiger partial charge in [0, 0.05) is 12.8 Å². The molecule has 2 atom stereocenters. The quantitative estimate of drug-likeness (QED) is 0.121. The van der Waals surface area contributed by atoms with Crippen LogP contribution in [0.25, 0.3) is 0 Å². The van der Waals surface area contributed by atoms with E-state index < -0.39 is 12.2 Å². The Labute approximate surface area is 350 Å². The molecular formula is C52H92O4. The van der Waals surface area contributed by atoms with Crippen molar-refractivity contribution >= 4 is 0 Å². The summed E-state index contributed by atoms with van der Waals surface area (Å²) in [7, 11) is 0. The van der Waals surface area contributed by atoms with Gasteiger partial charge in [0.05, 0.1) is 25.4 Å². The van der Waals surface area contributed by atoms with E-state index in [1.807, 2.05) is 220 Å². The lowest BCUT2D eigenvalue weighted by Crippen LogP contribution is -2.14. The van der Waals surface area contributed by atoms with E-state index in [2.05, 4.69) is 37.4 Å². The van der Waals surface area contributed by atoms with Gasteiger partial charge in [0.25, 0.3) is 0 Å². The fourth-order valence-electron chi connectivity index (χ4n) is 3.46. The highest BCUT2D eigenvalue weighted by molar-refractivity contribution is 5.18. The van der Waals surface area contributed by atoms with E-state index in [1.54, 1.807) is 0 Å². The Morgan fingerprint density at radius 3 is 0.696 bits per heavy atom. The SMILES string of the molecule is C=CCc1ccccc1.C=CCc1ccccc1.CC.CC.CC.CC.CC.CC.CC.CC.OCC(O)Cc1ccccc1.OCC(O)Cc1ccccc1. The Kier molecular flexibility index (Phi) is 90.6. The first kappa shape index (κ1) is 70.0. The summed E-state index contributed by atoms with van der Waals surface area (Å²) in [5.74, 6) is 0. The first-order chi connectivity index (χ1) is 27.5. The highest BCUT2D eigenvalue weighted by atomic mass is 16.3. The van der Waals surface area contributed by atoms with Crippen molar-refractivity contribution in [3.8, 4) is 0 Å². The molecule has 0 bridgehead atoms. The highest BCUT2D eigenvalue weighted by Gasteiger charge is 2.02. The predicted octanol–water partition coefficient (Wildman–Crippen LogP) is 14.2. The van der Waals surface area contributed by atoms with Gasteiger partial charge in [-0.3, -0.25) is 0 Å². The fraction of sp³-hybridized carbons (Fsp3) is 0.462. The summed E-state index contributed by atoms with van der Waals surface area (Å²) in [5.41, 5.74) is 4.75. The molecule has 0 fully saturated rings. The van der Waals surface area contributed by atoms with Crippen LogP contribution in [0, 0.1) is 0 Å².